The van der Waals surface area contributed by atoms with E-state index in [1.165, 1.54) is 0 Å². The Morgan fingerprint density at radius 2 is 2.37 bits per heavy atom. The van der Waals surface area contributed by atoms with Gasteiger partial charge in [0, 0.05) is 25.2 Å². The summed E-state index contributed by atoms with van der Waals surface area (Å²) in [6.45, 7) is 10.0. The van der Waals surface area contributed by atoms with Crippen LogP contribution in [0.5, 0.6) is 0 Å². The highest BCUT2D eigenvalue weighted by Crippen LogP contribution is 2.22. The first-order chi connectivity index (χ1) is 9.04. The number of hydrogen-bond donors (Lipinski definition) is 1. The Morgan fingerprint density at radius 1 is 1.58 bits per heavy atom. The van der Waals surface area contributed by atoms with E-state index in [0.717, 1.165) is 19.6 Å². The Kier molecular flexibility index (Phi) is 4.27. The molecule has 5 nitrogen and oxygen atoms in total. The van der Waals surface area contributed by atoms with E-state index in [1.54, 1.807) is 19.3 Å². The van der Waals surface area contributed by atoms with Crippen LogP contribution in [0.3, 0.4) is 0 Å². The van der Waals surface area contributed by atoms with E-state index in [-0.39, 0.29) is 11.5 Å². The second-order valence-electron chi connectivity index (χ2n) is 5.39. The lowest BCUT2D eigenvalue weighted by Gasteiger charge is -2.42. The largest absolute Gasteiger partial charge is 0.467 e. The molecule has 1 N–H and O–H groups in total. The van der Waals surface area contributed by atoms with Gasteiger partial charge >= 0.3 is 5.97 Å². The van der Waals surface area contributed by atoms with Gasteiger partial charge in [0.05, 0.1) is 19.4 Å². The molecule has 19 heavy (non-hydrogen) atoms. The van der Waals surface area contributed by atoms with Crippen molar-refractivity contribution in [3.8, 4) is 0 Å². The van der Waals surface area contributed by atoms with E-state index >= 15 is 0 Å². The molecule has 106 valence electrons. The number of nitrogens with zero attached hydrogens (tertiary/aromatic N) is 1. The number of nitrogens with one attached hydrogen (secondary N) is 1. The van der Waals surface area contributed by atoms with E-state index in [4.69, 9.17) is 9.15 Å². The molecule has 0 atom stereocenters. The van der Waals surface area contributed by atoms with E-state index in [1.807, 2.05) is 0 Å². The summed E-state index contributed by atoms with van der Waals surface area (Å²) in [6.07, 6.45) is 1.55. The minimum atomic E-state index is -0.306. The van der Waals surface area contributed by atoms with Gasteiger partial charge in [-0.05, 0) is 26.8 Å². The number of carbonyl (C=O) groups excluding carboxylic acids is 1. The third-order valence-corrected chi connectivity index (χ3v) is 3.55. The summed E-state index contributed by atoms with van der Waals surface area (Å²) in [7, 11) is 0. The van der Waals surface area contributed by atoms with Crippen molar-refractivity contribution in [3.63, 3.8) is 0 Å². The number of ether oxygens (including phenoxy) is 1. The van der Waals surface area contributed by atoms with Crippen LogP contribution in [0.1, 0.15) is 36.9 Å². The van der Waals surface area contributed by atoms with Crippen molar-refractivity contribution in [2.45, 2.75) is 32.9 Å². The van der Waals surface area contributed by atoms with Crippen LogP contribution >= 0.6 is 0 Å². The summed E-state index contributed by atoms with van der Waals surface area (Å²) >= 11 is 0. The van der Waals surface area contributed by atoms with Gasteiger partial charge in [-0.2, -0.15) is 0 Å². The first-order valence-electron chi connectivity index (χ1n) is 6.74. The maximum atomic E-state index is 11.8. The SMILES string of the molecule is CCOC(=O)c1ccoc1CN1CCNCC1(C)C. The molecule has 1 aliphatic heterocycles. The third-order valence-electron chi connectivity index (χ3n) is 3.55. The predicted molar refractivity (Wildman–Crippen MR) is 72.0 cm³/mol. The lowest BCUT2D eigenvalue weighted by atomic mass is 10.00. The first kappa shape index (κ1) is 14.1. The number of rotatable bonds is 4. The van der Waals surface area contributed by atoms with Crippen LogP contribution in [0.15, 0.2) is 16.7 Å². The van der Waals surface area contributed by atoms with Crippen molar-refractivity contribution >= 4 is 5.97 Å². The molecule has 0 unspecified atom stereocenters. The number of carbonyl (C=O) groups is 1. The van der Waals surface area contributed by atoms with Crippen LogP contribution in [-0.2, 0) is 11.3 Å². The molecule has 1 fully saturated rings. The van der Waals surface area contributed by atoms with Crippen LogP contribution in [0.25, 0.3) is 0 Å². The molecule has 0 aromatic carbocycles. The van der Waals surface area contributed by atoms with E-state index in [0.29, 0.717) is 24.5 Å². The molecule has 0 aliphatic carbocycles. The van der Waals surface area contributed by atoms with Gasteiger partial charge in [0.2, 0.25) is 0 Å². The van der Waals surface area contributed by atoms with Crippen LogP contribution < -0.4 is 5.32 Å². The molecule has 1 saturated heterocycles. The Balaban J connectivity index is 2.11. The van der Waals surface area contributed by atoms with Crippen molar-refractivity contribution in [2.24, 2.45) is 0 Å². The van der Waals surface area contributed by atoms with Gasteiger partial charge < -0.3 is 14.5 Å². The molecule has 0 spiro atoms. The molecular weight excluding hydrogens is 244 g/mol. The topological polar surface area (TPSA) is 54.7 Å². The zero-order valence-electron chi connectivity index (χ0n) is 11.9. The highest BCUT2D eigenvalue weighted by Gasteiger charge is 2.31. The minimum Gasteiger partial charge on any atom is -0.467 e. The average Bonchev–Trinajstić information content (AvgIpc) is 2.80. The second kappa shape index (κ2) is 5.75. The molecule has 1 aromatic heterocycles. The fourth-order valence-corrected chi connectivity index (χ4v) is 2.34. The summed E-state index contributed by atoms with van der Waals surface area (Å²) in [4.78, 5) is 14.1. The number of esters is 1. The number of furan rings is 1. The van der Waals surface area contributed by atoms with Crippen LogP contribution in [0.2, 0.25) is 0 Å². The molecule has 2 rings (SSSR count). The Hall–Kier alpha value is -1.33. The van der Waals surface area contributed by atoms with E-state index in [2.05, 4.69) is 24.1 Å². The van der Waals surface area contributed by atoms with Crippen LogP contribution in [-0.4, -0.2) is 42.6 Å². The van der Waals surface area contributed by atoms with Gasteiger partial charge in [0.15, 0.2) is 0 Å². The third kappa shape index (κ3) is 3.16. The minimum absolute atomic E-state index is 0.0526. The fraction of sp³-hybridized carbons (Fsp3) is 0.643. The van der Waals surface area contributed by atoms with Gasteiger partial charge in [-0.15, -0.1) is 0 Å². The van der Waals surface area contributed by atoms with Gasteiger partial charge in [-0.25, -0.2) is 4.79 Å². The molecule has 1 aliphatic rings. The molecular formula is C14H22N2O3. The summed E-state index contributed by atoms with van der Waals surface area (Å²) in [5.41, 5.74) is 0.591. The highest BCUT2D eigenvalue weighted by atomic mass is 16.5. The first-order valence-corrected chi connectivity index (χ1v) is 6.74. The summed E-state index contributed by atoms with van der Waals surface area (Å²) in [6, 6.07) is 1.68. The molecule has 1 aromatic rings. The normalized spacial score (nSPS) is 19.3. The zero-order chi connectivity index (χ0) is 13.9. The fourth-order valence-electron chi connectivity index (χ4n) is 2.34. The number of piperazine rings is 1. The highest BCUT2D eigenvalue weighted by molar-refractivity contribution is 5.90. The van der Waals surface area contributed by atoms with E-state index < -0.39 is 0 Å². The molecule has 2 heterocycles. The zero-order valence-corrected chi connectivity index (χ0v) is 11.9. The Bertz CT molecular complexity index is 440. The number of hydrogen-bond acceptors (Lipinski definition) is 5. The van der Waals surface area contributed by atoms with Crippen LogP contribution in [0.4, 0.5) is 0 Å². The molecule has 0 amide bonds. The van der Waals surface area contributed by atoms with Gasteiger partial charge in [-0.3, -0.25) is 4.90 Å². The van der Waals surface area contributed by atoms with Crippen molar-refractivity contribution in [2.75, 3.05) is 26.2 Å². The Morgan fingerprint density at radius 3 is 3.05 bits per heavy atom. The van der Waals surface area contributed by atoms with Crippen molar-refractivity contribution in [1.29, 1.82) is 0 Å². The lowest BCUT2D eigenvalue weighted by molar-refractivity contribution is 0.0508. The quantitative estimate of drug-likeness (QED) is 0.840. The molecule has 5 heteroatoms. The smallest absolute Gasteiger partial charge is 0.341 e. The Labute approximate surface area is 113 Å². The maximum absolute atomic E-state index is 11.8. The maximum Gasteiger partial charge on any atom is 0.341 e. The monoisotopic (exact) mass is 266 g/mol. The second-order valence-corrected chi connectivity index (χ2v) is 5.39. The molecule has 0 saturated carbocycles. The predicted octanol–water partition coefficient (Wildman–Crippen LogP) is 1.64. The van der Waals surface area contributed by atoms with Gasteiger partial charge in [0.25, 0.3) is 0 Å². The summed E-state index contributed by atoms with van der Waals surface area (Å²) in [5.74, 6) is 0.382. The molecule has 0 radical (unpaired) electrons. The van der Waals surface area contributed by atoms with Crippen molar-refractivity contribution in [1.82, 2.24) is 10.2 Å². The van der Waals surface area contributed by atoms with Crippen LogP contribution in [0, 0.1) is 0 Å². The van der Waals surface area contributed by atoms with Crippen molar-refractivity contribution < 1.29 is 13.9 Å². The summed E-state index contributed by atoms with van der Waals surface area (Å²) in [5, 5.41) is 3.38. The standard InChI is InChI=1S/C14H22N2O3/c1-4-18-13(17)11-5-8-19-12(11)9-16-7-6-15-10-14(16,2)3/h5,8,15H,4,6-7,9-10H2,1-3H3. The summed E-state index contributed by atoms with van der Waals surface area (Å²) < 4.78 is 10.5. The lowest BCUT2D eigenvalue weighted by Crippen LogP contribution is -2.57. The molecule has 0 bridgehead atoms. The van der Waals surface area contributed by atoms with Crippen molar-refractivity contribution in [3.05, 3.63) is 23.7 Å². The average molecular weight is 266 g/mol. The van der Waals surface area contributed by atoms with Gasteiger partial charge in [0.1, 0.15) is 11.3 Å². The van der Waals surface area contributed by atoms with E-state index in [9.17, 15) is 4.79 Å². The van der Waals surface area contributed by atoms with Gasteiger partial charge in [-0.1, -0.05) is 0 Å².